The largest absolute Gasteiger partial charge is 0.496 e. The van der Waals surface area contributed by atoms with Crippen molar-refractivity contribution in [1.29, 1.82) is 0 Å². The number of hydrogen-bond acceptors (Lipinski definition) is 3. The van der Waals surface area contributed by atoms with Crippen LogP contribution in [0.15, 0.2) is 30.5 Å². The Bertz CT molecular complexity index is 784. The van der Waals surface area contributed by atoms with Crippen LogP contribution in [0.2, 0.25) is 0 Å². The SMILES string of the molecule is COc1cccc2c1ccn2CC(=O)N1CC[C@@]2(O)CCCC[C@H]2C1. The molecule has 5 nitrogen and oxygen atoms in total. The maximum absolute atomic E-state index is 12.8. The van der Waals surface area contributed by atoms with E-state index in [9.17, 15) is 9.90 Å². The van der Waals surface area contributed by atoms with Gasteiger partial charge in [0.1, 0.15) is 12.3 Å². The van der Waals surface area contributed by atoms with Crippen molar-refractivity contribution >= 4 is 16.8 Å². The van der Waals surface area contributed by atoms with Crippen molar-refractivity contribution in [3.63, 3.8) is 0 Å². The van der Waals surface area contributed by atoms with Crippen LogP contribution in [0.3, 0.4) is 0 Å². The van der Waals surface area contributed by atoms with Crippen molar-refractivity contribution in [2.75, 3.05) is 20.2 Å². The number of fused-ring (bicyclic) bond motifs is 2. The third-order valence-corrected chi connectivity index (χ3v) is 6.08. The van der Waals surface area contributed by atoms with Crippen LogP contribution in [0, 0.1) is 5.92 Å². The highest BCUT2D eigenvalue weighted by atomic mass is 16.5. The van der Waals surface area contributed by atoms with E-state index < -0.39 is 5.60 Å². The summed E-state index contributed by atoms with van der Waals surface area (Å²) in [6.07, 6.45) is 6.86. The minimum absolute atomic E-state index is 0.132. The second-order valence-corrected chi connectivity index (χ2v) is 7.47. The van der Waals surface area contributed by atoms with E-state index in [0.29, 0.717) is 26.1 Å². The van der Waals surface area contributed by atoms with Crippen LogP contribution in [0.1, 0.15) is 32.1 Å². The summed E-state index contributed by atoms with van der Waals surface area (Å²) >= 11 is 0. The number of methoxy groups -OCH3 is 1. The van der Waals surface area contributed by atoms with Crippen LogP contribution >= 0.6 is 0 Å². The lowest BCUT2D eigenvalue weighted by atomic mass is 9.71. The first-order chi connectivity index (χ1) is 12.1. The summed E-state index contributed by atoms with van der Waals surface area (Å²) in [7, 11) is 1.66. The molecule has 1 N–H and O–H groups in total. The number of carbonyl (C=O) groups is 1. The number of carbonyl (C=O) groups excluding carboxylic acids is 1. The molecular weight excluding hydrogens is 316 g/mol. The van der Waals surface area contributed by atoms with Gasteiger partial charge < -0.3 is 19.3 Å². The number of likely N-dealkylation sites (tertiary alicyclic amines) is 1. The van der Waals surface area contributed by atoms with E-state index in [1.807, 2.05) is 39.9 Å². The van der Waals surface area contributed by atoms with Gasteiger partial charge in [-0.1, -0.05) is 18.9 Å². The van der Waals surface area contributed by atoms with Gasteiger partial charge in [0.2, 0.25) is 5.91 Å². The number of piperidine rings is 1. The molecule has 5 heteroatoms. The number of hydrogen-bond donors (Lipinski definition) is 1. The van der Waals surface area contributed by atoms with E-state index >= 15 is 0 Å². The quantitative estimate of drug-likeness (QED) is 0.933. The highest BCUT2D eigenvalue weighted by Crippen LogP contribution is 2.39. The van der Waals surface area contributed by atoms with E-state index in [4.69, 9.17) is 4.74 Å². The van der Waals surface area contributed by atoms with Crippen LogP contribution in [-0.2, 0) is 11.3 Å². The van der Waals surface area contributed by atoms with Gasteiger partial charge >= 0.3 is 0 Å². The maximum Gasteiger partial charge on any atom is 0.242 e. The molecule has 1 saturated carbocycles. The standard InChI is InChI=1S/C20H26N2O3/c1-25-18-7-4-6-17-16(18)8-11-21(17)14-19(23)22-12-10-20(24)9-3-2-5-15(20)13-22/h4,6-8,11,15,24H,2-3,5,9-10,12-14H2,1H3/t15-,20-/m0/s1. The summed E-state index contributed by atoms with van der Waals surface area (Å²) in [6, 6.07) is 7.90. The van der Waals surface area contributed by atoms with E-state index in [0.717, 1.165) is 42.3 Å². The molecule has 0 spiro atoms. The van der Waals surface area contributed by atoms with Crippen LogP contribution in [0.4, 0.5) is 0 Å². The zero-order valence-electron chi connectivity index (χ0n) is 14.8. The van der Waals surface area contributed by atoms with Gasteiger partial charge in [-0.05, 0) is 37.5 Å². The Morgan fingerprint density at radius 3 is 3.04 bits per heavy atom. The second-order valence-electron chi connectivity index (χ2n) is 7.47. The first kappa shape index (κ1) is 16.5. The monoisotopic (exact) mass is 342 g/mol. The minimum Gasteiger partial charge on any atom is -0.496 e. The van der Waals surface area contributed by atoms with Crippen LogP contribution in [0.5, 0.6) is 5.75 Å². The molecular formula is C20H26N2O3. The molecule has 1 aliphatic heterocycles. The summed E-state index contributed by atoms with van der Waals surface area (Å²) in [5.41, 5.74) is 0.474. The van der Waals surface area contributed by atoms with Gasteiger partial charge in [-0.15, -0.1) is 0 Å². The van der Waals surface area contributed by atoms with Gasteiger partial charge in [-0.25, -0.2) is 0 Å². The van der Waals surface area contributed by atoms with Crippen molar-refractivity contribution in [1.82, 2.24) is 9.47 Å². The van der Waals surface area contributed by atoms with E-state index in [1.54, 1.807) is 7.11 Å². The molecule has 1 amide bonds. The van der Waals surface area contributed by atoms with Crippen molar-refractivity contribution in [2.45, 2.75) is 44.2 Å². The summed E-state index contributed by atoms with van der Waals surface area (Å²) in [5, 5.41) is 11.8. The van der Waals surface area contributed by atoms with Crippen molar-refractivity contribution in [3.05, 3.63) is 30.5 Å². The Hall–Kier alpha value is -2.01. The molecule has 1 aromatic heterocycles. The number of aliphatic hydroxyl groups is 1. The second kappa shape index (κ2) is 6.37. The summed E-state index contributed by atoms with van der Waals surface area (Å²) in [4.78, 5) is 14.8. The fourth-order valence-corrected chi connectivity index (χ4v) is 4.55. The van der Waals surface area contributed by atoms with Gasteiger partial charge in [-0.3, -0.25) is 4.79 Å². The first-order valence-corrected chi connectivity index (χ1v) is 9.23. The molecule has 0 bridgehead atoms. The lowest BCUT2D eigenvalue weighted by Crippen LogP contribution is -2.55. The molecule has 25 heavy (non-hydrogen) atoms. The lowest BCUT2D eigenvalue weighted by Gasteiger charge is -2.47. The smallest absolute Gasteiger partial charge is 0.242 e. The molecule has 2 aliphatic rings. The Balaban J connectivity index is 1.49. The average molecular weight is 342 g/mol. The molecule has 134 valence electrons. The van der Waals surface area contributed by atoms with Gasteiger partial charge in [0.15, 0.2) is 0 Å². The molecule has 2 aromatic rings. The van der Waals surface area contributed by atoms with Crippen molar-refractivity contribution < 1.29 is 14.6 Å². The fourth-order valence-electron chi connectivity index (χ4n) is 4.55. The number of rotatable bonds is 3. The third-order valence-electron chi connectivity index (χ3n) is 6.08. The number of ether oxygens (including phenoxy) is 1. The zero-order chi connectivity index (χ0) is 17.4. The van der Waals surface area contributed by atoms with Gasteiger partial charge in [0.05, 0.1) is 18.2 Å². The average Bonchev–Trinajstić information content (AvgIpc) is 3.04. The Morgan fingerprint density at radius 2 is 2.20 bits per heavy atom. The molecule has 2 atom stereocenters. The van der Waals surface area contributed by atoms with Crippen LogP contribution in [-0.4, -0.2) is 46.3 Å². The van der Waals surface area contributed by atoms with Crippen LogP contribution in [0.25, 0.3) is 10.9 Å². The predicted molar refractivity (Wildman–Crippen MR) is 96.6 cm³/mol. The molecule has 2 fully saturated rings. The van der Waals surface area contributed by atoms with E-state index in [1.165, 1.54) is 0 Å². The van der Waals surface area contributed by atoms with Gasteiger partial charge in [0, 0.05) is 30.6 Å². The zero-order valence-corrected chi connectivity index (χ0v) is 14.8. The topological polar surface area (TPSA) is 54.7 Å². The Labute approximate surface area is 148 Å². The predicted octanol–water partition coefficient (Wildman–Crippen LogP) is 2.80. The van der Waals surface area contributed by atoms with E-state index in [2.05, 4.69) is 0 Å². The number of nitrogens with zero attached hydrogens (tertiary/aromatic N) is 2. The lowest BCUT2D eigenvalue weighted by molar-refractivity contribution is -0.143. The Kier molecular flexibility index (Phi) is 4.20. The van der Waals surface area contributed by atoms with Crippen molar-refractivity contribution in [2.24, 2.45) is 5.92 Å². The molecule has 1 aromatic carbocycles. The first-order valence-electron chi connectivity index (χ1n) is 9.23. The minimum atomic E-state index is -0.539. The number of benzene rings is 1. The molecule has 1 aliphatic carbocycles. The highest BCUT2D eigenvalue weighted by molar-refractivity contribution is 5.88. The fraction of sp³-hybridized carbons (Fsp3) is 0.550. The highest BCUT2D eigenvalue weighted by Gasteiger charge is 2.43. The maximum atomic E-state index is 12.8. The molecule has 0 unspecified atom stereocenters. The van der Waals surface area contributed by atoms with Crippen molar-refractivity contribution in [3.8, 4) is 5.75 Å². The summed E-state index contributed by atoms with van der Waals surface area (Å²) in [5.74, 6) is 1.20. The molecule has 4 rings (SSSR count). The normalized spacial score (nSPS) is 26.5. The molecule has 0 radical (unpaired) electrons. The number of aromatic nitrogens is 1. The molecule has 2 heterocycles. The van der Waals surface area contributed by atoms with Crippen LogP contribution < -0.4 is 4.74 Å². The van der Waals surface area contributed by atoms with Gasteiger partial charge in [-0.2, -0.15) is 0 Å². The molecule has 1 saturated heterocycles. The Morgan fingerprint density at radius 1 is 1.32 bits per heavy atom. The number of amides is 1. The third kappa shape index (κ3) is 2.91. The summed E-state index contributed by atoms with van der Waals surface area (Å²) < 4.78 is 7.38. The summed E-state index contributed by atoms with van der Waals surface area (Å²) in [6.45, 7) is 1.69. The van der Waals surface area contributed by atoms with Gasteiger partial charge in [0.25, 0.3) is 0 Å². The van der Waals surface area contributed by atoms with E-state index in [-0.39, 0.29) is 11.8 Å².